The van der Waals surface area contributed by atoms with Crippen LogP contribution in [0.25, 0.3) is 11.1 Å². The summed E-state index contributed by atoms with van der Waals surface area (Å²) in [5, 5.41) is 8.89. The van der Waals surface area contributed by atoms with Gasteiger partial charge in [0.05, 0.1) is 5.56 Å². The van der Waals surface area contributed by atoms with Crippen molar-refractivity contribution >= 4 is 23.6 Å². The van der Waals surface area contributed by atoms with Gasteiger partial charge in [-0.3, -0.25) is 4.79 Å². The van der Waals surface area contributed by atoms with E-state index < -0.39 is 5.97 Å². The van der Waals surface area contributed by atoms with E-state index in [0.29, 0.717) is 12.2 Å². The van der Waals surface area contributed by atoms with Crippen molar-refractivity contribution in [3.8, 4) is 11.1 Å². The van der Waals surface area contributed by atoms with E-state index in [2.05, 4.69) is 0 Å². The van der Waals surface area contributed by atoms with Gasteiger partial charge in [0.15, 0.2) is 0 Å². The Morgan fingerprint density at radius 3 is 2.38 bits per heavy atom. The molecule has 108 valence electrons. The lowest BCUT2D eigenvalue weighted by atomic mass is 10.0. The van der Waals surface area contributed by atoms with Crippen molar-refractivity contribution in [3.63, 3.8) is 0 Å². The van der Waals surface area contributed by atoms with Crippen molar-refractivity contribution in [3.05, 3.63) is 54.1 Å². The molecule has 0 aromatic heterocycles. The molecule has 0 saturated heterocycles. The largest absolute Gasteiger partial charge is 0.478 e. The van der Waals surface area contributed by atoms with Gasteiger partial charge in [0.1, 0.15) is 0 Å². The SMILES string of the molecule is NC(=O)CCSc1cccc(-c2ccc(C(=O)O)cc2)c1. The highest BCUT2D eigenvalue weighted by molar-refractivity contribution is 7.99. The molecule has 2 aromatic carbocycles. The van der Waals surface area contributed by atoms with Gasteiger partial charge in [-0.05, 0) is 35.4 Å². The number of primary amides is 1. The highest BCUT2D eigenvalue weighted by Gasteiger charge is 2.04. The fraction of sp³-hybridized carbons (Fsp3) is 0.125. The molecule has 0 unspecified atom stereocenters. The number of nitrogens with two attached hydrogens (primary N) is 1. The van der Waals surface area contributed by atoms with Crippen LogP contribution >= 0.6 is 11.8 Å². The van der Waals surface area contributed by atoms with Crippen LogP contribution in [-0.2, 0) is 4.79 Å². The van der Waals surface area contributed by atoms with Crippen molar-refractivity contribution < 1.29 is 14.7 Å². The molecule has 4 nitrogen and oxygen atoms in total. The van der Waals surface area contributed by atoms with Gasteiger partial charge >= 0.3 is 5.97 Å². The maximum atomic E-state index is 10.8. The standard InChI is InChI=1S/C16H15NO3S/c17-15(18)8-9-21-14-3-1-2-13(10-14)11-4-6-12(7-5-11)16(19)20/h1-7,10H,8-9H2,(H2,17,18)(H,19,20). The first kappa shape index (κ1) is 15.1. The monoisotopic (exact) mass is 301 g/mol. The summed E-state index contributed by atoms with van der Waals surface area (Å²) in [7, 11) is 0. The summed E-state index contributed by atoms with van der Waals surface area (Å²) in [5.41, 5.74) is 7.35. The Balaban J connectivity index is 2.12. The molecule has 21 heavy (non-hydrogen) atoms. The molecule has 1 amide bonds. The van der Waals surface area contributed by atoms with Gasteiger partial charge in [0.25, 0.3) is 0 Å². The number of hydrogen-bond acceptors (Lipinski definition) is 3. The molecule has 0 atom stereocenters. The molecule has 0 bridgehead atoms. The normalized spacial score (nSPS) is 10.3. The van der Waals surface area contributed by atoms with Crippen LogP contribution in [0.4, 0.5) is 0 Å². The van der Waals surface area contributed by atoms with E-state index in [1.807, 2.05) is 24.3 Å². The summed E-state index contributed by atoms with van der Waals surface area (Å²) in [5.74, 6) is -0.586. The van der Waals surface area contributed by atoms with E-state index in [1.165, 1.54) is 0 Å². The number of rotatable bonds is 6. The molecule has 0 aliphatic heterocycles. The van der Waals surface area contributed by atoms with E-state index in [9.17, 15) is 9.59 Å². The first-order valence-electron chi connectivity index (χ1n) is 6.41. The third-order valence-corrected chi connectivity index (χ3v) is 3.91. The van der Waals surface area contributed by atoms with Crippen LogP contribution in [0.5, 0.6) is 0 Å². The Kier molecular flexibility index (Phi) is 5.00. The van der Waals surface area contributed by atoms with Crippen LogP contribution in [0.15, 0.2) is 53.4 Å². The molecule has 0 radical (unpaired) electrons. The first-order valence-corrected chi connectivity index (χ1v) is 7.40. The summed E-state index contributed by atoms with van der Waals surface area (Å²) < 4.78 is 0. The molecular formula is C16H15NO3S. The van der Waals surface area contributed by atoms with Gasteiger partial charge < -0.3 is 10.8 Å². The van der Waals surface area contributed by atoms with Crippen LogP contribution in [0.2, 0.25) is 0 Å². The van der Waals surface area contributed by atoms with Crippen molar-refractivity contribution in [2.75, 3.05) is 5.75 Å². The Hall–Kier alpha value is -2.27. The summed E-state index contributed by atoms with van der Waals surface area (Å²) in [6.45, 7) is 0. The third-order valence-electron chi connectivity index (χ3n) is 2.92. The second kappa shape index (κ2) is 6.95. The molecule has 2 rings (SSSR count). The van der Waals surface area contributed by atoms with Crippen LogP contribution in [-0.4, -0.2) is 22.7 Å². The zero-order valence-corrected chi connectivity index (χ0v) is 12.1. The van der Waals surface area contributed by atoms with E-state index in [0.717, 1.165) is 16.0 Å². The smallest absolute Gasteiger partial charge is 0.335 e. The van der Waals surface area contributed by atoms with Gasteiger partial charge in [-0.1, -0.05) is 24.3 Å². The fourth-order valence-electron chi connectivity index (χ4n) is 1.84. The Bertz CT molecular complexity index is 653. The van der Waals surface area contributed by atoms with Gasteiger partial charge in [-0.15, -0.1) is 11.8 Å². The zero-order valence-electron chi connectivity index (χ0n) is 11.3. The molecule has 0 spiro atoms. The van der Waals surface area contributed by atoms with E-state index in [-0.39, 0.29) is 11.5 Å². The summed E-state index contributed by atoms with van der Waals surface area (Å²) >= 11 is 1.57. The Morgan fingerprint density at radius 1 is 1.05 bits per heavy atom. The number of thioether (sulfide) groups is 1. The minimum atomic E-state index is -0.933. The number of carboxylic acid groups (broad SMARTS) is 1. The third kappa shape index (κ3) is 4.36. The number of aromatic carboxylic acids is 1. The fourth-order valence-corrected chi connectivity index (χ4v) is 2.76. The molecule has 0 heterocycles. The lowest BCUT2D eigenvalue weighted by molar-refractivity contribution is -0.117. The van der Waals surface area contributed by atoms with Crippen molar-refractivity contribution in [2.24, 2.45) is 5.73 Å². The van der Waals surface area contributed by atoms with Crippen LogP contribution in [0.1, 0.15) is 16.8 Å². The predicted octanol–water partition coefficient (Wildman–Crippen LogP) is 3.02. The first-order chi connectivity index (χ1) is 10.1. The number of benzene rings is 2. The van der Waals surface area contributed by atoms with Gasteiger partial charge in [-0.25, -0.2) is 4.79 Å². The minimum Gasteiger partial charge on any atom is -0.478 e. The Morgan fingerprint density at radius 2 is 1.76 bits per heavy atom. The molecule has 0 aliphatic rings. The van der Waals surface area contributed by atoms with Crippen molar-refractivity contribution in [2.45, 2.75) is 11.3 Å². The molecular weight excluding hydrogens is 286 g/mol. The topological polar surface area (TPSA) is 80.4 Å². The number of carbonyl (C=O) groups excluding carboxylic acids is 1. The van der Waals surface area contributed by atoms with Gasteiger partial charge in [-0.2, -0.15) is 0 Å². The van der Waals surface area contributed by atoms with Crippen LogP contribution < -0.4 is 5.73 Å². The lowest BCUT2D eigenvalue weighted by Crippen LogP contribution is -2.10. The minimum absolute atomic E-state index is 0.269. The van der Waals surface area contributed by atoms with E-state index in [4.69, 9.17) is 10.8 Å². The average Bonchev–Trinajstić information content (AvgIpc) is 2.47. The molecule has 2 aromatic rings. The molecule has 0 fully saturated rings. The number of amides is 1. The predicted molar refractivity (Wildman–Crippen MR) is 83.4 cm³/mol. The highest BCUT2D eigenvalue weighted by Crippen LogP contribution is 2.26. The quantitative estimate of drug-likeness (QED) is 0.804. The van der Waals surface area contributed by atoms with Crippen LogP contribution in [0.3, 0.4) is 0 Å². The zero-order chi connectivity index (χ0) is 15.2. The van der Waals surface area contributed by atoms with Crippen molar-refractivity contribution in [1.82, 2.24) is 0 Å². The van der Waals surface area contributed by atoms with Crippen LogP contribution in [0, 0.1) is 0 Å². The molecule has 0 aliphatic carbocycles. The summed E-state index contributed by atoms with van der Waals surface area (Å²) in [6, 6.07) is 14.6. The molecule has 0 saturated carbocycles. The number of hydrogen-bond donors (Lipinski definition) is 2. The molecule has 3 N–H and O–H groups in total. The van der Waals surface area contributed by atoms with E-state index >= 15 is 0 Å². The van der Waals surface area contributed by atoms with Crippen molar-refractivity contribution in [1.29, 1.82) is 0 Å². The lowest BCUT2D eigenvalue weighted by Gasteiger charge is -2.05. The van der Waals surface area contributed by atoms with Gasteiger partial charge in [0, 0.05) is 17.1 Å². The average molecular weight is 301 g/mol. The number of carbonyl (C=O) groups is 2. The highest BCUT2D eigenvalue weighted by atomic mass is 32.2. The summed E-state index contributed by atoms with van der Waals surface area (Å²) in [4.78, 5) is 22.6. The summed E-state index contributed by atoms with van der Waals surface area (Å²) in [6.07, 6.45) is 0.349. The second-order valence-corrected chi connectivity index (χ2v) is 5.64. The molecule has 5 heteroatoms. The maximum Gasteiger partial charge on any atom is 0.335 e. The van der Waals surface area contributed by atoms with E-state index in [1.54, 1.807) is 36.0 Å². The Labute approximate surface area is 127 Å². The second-order valence-electron chi connectivity index (χ2n) is 4.48. The number of carboxylic acids is 1. The maximum absolute atomic E-state index is 10.8. The van der Waals surface area contributed by atoms with Gasteiger partial charge in [0.2, 0.25) is 5.91 Å².